The lowest BCUT2D eigenvalue weighted by Gasteiger charge is -2.32. The molecule has 4 bridgehead atoms. The number of carbonyl (C=O) groups is 8. The average molecular weight is 1130 g/mol. The molecule has 1 heterocycles. The molecular weight excluding hydrogens is 1040 g/mol. The van der Waals surface area contributed by atoms with Crippen LogP contribution < -0.4 is 30.7 Å². The lowest BCUT2D eigenvalue weighted by molar-refractivity contribution is -0.146. The van der Waals surface area contributed by atoms with Crippen LogP contribution in [0.1, 0.15) is 166 Å². The summed E-state index contributed by atoms with van der Waals surface area (Å²) in [4.78, 5) is 112. The maximum absolute atomic E-state index is 15.3. The van der Waals surface area contributed by atoms with Gasteiger partial charge in [-0.3, -0.25) is 19.2 Å². The summed E-state index contributed by atoms with van der Waals surface area (Å²) < 4.78 is 34.2. The number of ketones is 2. The number of hydrogen-bond donors (Lipinski definition) is 4. The van der Waals surface area contributed by atoms with Crippen molar-refractivity contribution < 1.29 is 66.8 Å². The number of carbonyl (C=O) groups excluding carboxylic acids is 8. The van der Waals surface area contributed by atoms with Gasteiger partial charge in [-0.1, -0.05) is 69.9 Å². The van der Waals surface area contributed by atoms with Gasteiger partial charge in [-0.25, -0.2) is 19.2 Å². The molecule has 3 aromatic carbocycles. The number of methoxy groups -OCH3 is 1. The zero-order valence-corrected chi connectivity index (χ0v) is 50.3. The van der Waals surface area contributed by atoms with Gasteiger partial charge < -0.3 is 54.6 Å². The van der Waals surface area contributed by atoms with E-state index < -0.39 is 82.6 Å². The van der Waals surface area contributed by atoms with Crippen molar-refractivity contribution in [1.82, 2.24) is 26.2 Å². The van der Waals surface area contributed by atoms with Crippen molar-refractivity contribution in [3.05, 3.63) is 82.4 Å². The van der Waals surface area contributed by atoms with Gasteiger partial charge in [-0.05, 0) is 135 Å². The number of Topliss-reactive ketones (excluding diaryl/α,β-unsaturated/α-hetero) is 2. The molecule has 81 heavy (non-hydrogen) atoms. The fourth-order valence-corrected chi connectivity index (χ4v) is 9.22. The Bertz CT molecular complexity index is 2670. The first-order valence-electron chi connectivity index (χ1n) is 28.2. The molecule has 0 aliphatic carbocycles. The summed E-state index contributed by atoms with van der Waals surface area (Å²) in [5.74, 6) is -4.29. The molecule has 4 N–H and O–H groups in total. The Morgan fingerprint density at radius 2 is 1.23 bits per heavy atom. The molecule has 446 valence electrons. The number of benzene rings is 3. The van der Waals surface area contributed by atoms with Crippen molar-refractivity contribution in [2.45, 2.75) is 176 Å². The monoisotopic (exact) mass is 1130 g/mol. The van der Waals surface area contributed by atoms with E-state index in [1.54, 1.807) is 112 Å². The van der Waals surface area contributed by atoms with Crippen LogP contribution >= 0.6 is 0 Å². The molecule has 0 aromatic heterocycles. The number of esters is 1. The van der Waals surface area contributed by atoms with Gasteiger partial charge in [0, 0.05) is 61.4 Å². The lowest BCUT2D eigenvalue weighted by Crippen LogP contribution is -2.46. The van der Waals surface area contributed by atoms with Gasteiger partial charge in [-0.2, -0.15) is 0 Å². The number of rotatable bonds is 23. The number of unbranched alkanes of at least 4 members (excludes halogenated alkanes) is 4. The summed E-state index contributed by atoms with van der Waals surface area (Å²) >= 11 is 0. The highest BCUT2D eigenvalue weighted by molar-refractivity contribution is 6.01. The van der Waals surface area contributed by atoms with E-state index in [-0.39, 0.29) is 75.8 Å². The molecule has 0 spiro atoms. The van der Waals surface area contributed by atoms with Crippen LogP contribution in [-0.4, -0.2) is 122 Å². The van der Waals surface area contributed by atoms with Gasteiger partial charge >= 0.3 is 24.2 Å². The van der Waals surface area contributed by atoms with Gasteiger partial charge in [0.25, 0.3) is 0 Å². The summed E-state index contributed by atoms with van der Waals surface area (Å²) in [5, 5.41) is 10.9. The van der Waals surface area contributed by atoms with Crippen LogP contribution in [0.2, 0.25) is 0 Å². The second kappa shape index (κ2) is 30.6. The fraction of sp³-hybridized carbons (Fsp3) is 0.581. The number of likely N-dealkylation sites (N-methyl/N-ethyl adjacent to an activating group) is 1. The van der Waals surface area contributed by atoms with E-state index in [1.165, 1.54) is 25.5 Å². The fourth-order valence-electron chi connectivity index (χ4n) is 9.22. The van der Waals surface area contributed by atoms with Gasteiger partial charge in [0.2, 0.25) is 11.8 Å². The summed E-state index contributed by atoms with van der Waals surface area (Å²) in [5.41, 5.74) is 1.67. The minimum absolute atomic E-state index is 0.0106. The van der Waals surface area contributed by atoms with Crippen molar-refractivity contribution in [1.29, 1.82) is 0 Å². The number of alkyl carbamates (subject to hydrolysis) is 3. The molecule has 19 heteroatoms. The lowest BCUT2D eigenvalue weighted by atomic mass is 9.88. The Hall–Kier alpha value is -7.18. The zero-order valence-electron chi connectivity index (χ0n) is 50.3. The molecule has 19 nitrogen and oxygen atoms in total. The van der Waals surface area contributed by atoms with E-state index in [2.05, 4.69) is 28.2 Å². The van der Waals surface area contributed by atoms with Gasteiger partial charge in [0.15, 0.2) is 11.6 Å². The zero-order chi connectivity index (χ0) is 60.2. The number of ether oxygens (including phenoxy) is 6. The SMILES string of the molecule is CCCCCCCc1ccc(C(=O)C[C@@H](CCNC(=O)OC(C)(C)C)C(=O)N(C)[C@@H]2C(=O)C[C@@H](C)C(=O)N[C@H](C(=O)OC)Cc3ccc(OCCNC(=O)OC(C)(C)C)c(c3)-c3cc2ccc3OCCNC(=O)OC(C)(C)C)c(C)c1. The number of amides is 5. The highest BCUT2D eigenvalue weighted by Gasteiger charge is 2.37. The second-order valence-electron chi connectivity index (χ2n) is 23.7. The first-order chi connectivity index (χ1) is 38.0. The van der Waals surface area contributed by atoms with E-state index in [0.717, 1.165) is 43.2 Å². The quantitative estimate of drug-likeness (QED) is 0.0299. The Balaban J connectivity index is 1.88. The molecule has 0 fully saturated rings. The molecule has 5 amide bonds. The van der Waals surface area contributed by atoms with Crippen molar-refractivity contribution in [3.8, 4) is 22.6 Å². The second-order valence-corrected chi connectivity index (χ2v) is 23.7. The Morgan fingerprint density at radius 1 is 0.691 bits per heavy atom. The van der Waals surface area contributed by atoms with Crippen molar-refractivity contribution in [2.24, 2.45) is 11.8 Å². The molecule has 0 saturated carbocycles. The first-order valence-corrected chi connectivity index (χ1v) is 28.2. The summed E-state index contributed by atoms with van der Waals surface area (Å²) in [6, 6.07) is 13.2. The van der Waals surface area contributed by atoms with Crippen LogP contribution in [0.4, 0.5) is 14.4 Å². The van der Waals surface area contributed by atoms with Crippen LogP contribution in [0.5, 0.6) is 11.5 Å². The highest BCUT2D eigenvalue weighted by atomic mass is 16.6. The van der Waals surface area contributed by atoms with E-state index >= 15 is 9.59 Å². The van der Waals surface area contributed by atoms with Gasteiger partial charge in [-0.15, -0.1) is 0 Å². The molecule has 3 aromatic rings. The molecule has 0 radical (unpaired) electrons. The van der Waals surface area contributed by atoms with Crippen LogP contribution in [0.15, 0.2) is 54.6 Å². The molecule has 1 aliphatic heterocycles. The molecule has 0 saturated heterocycles. The normalized spacial score (nSPS) is 16.1. The highest BCUT2D eigenvalue weighted by Crippen LogP contribution is 2.41. The molecule has 4 atom stereocenters. The smallest absolute Gasteiger partial charge is 0.407 e. The largest absolute Gasteiger partial charge is 0.491 e. The molecule has 4 rings (SSSR count). The maximum Gasteiger partial charge on any atom is 0.407 e. The maximum atomic E-state index is 15.3. The molecule has 1 aliphatic rings. The van der Waals surface area contributed by atoms with Crippen molar-refractivity contribution in [2.75, 3.05) is 47.0 Å². The number of hydrogen-bond acceptors (Lipinski definition) is 14. The Morgan fingerprint density at radius 3 is 1.78 bits per heavy atom. The van der Waals surface area contributed by atoms with E-state index in [1.807, 2.05) is 19.1 Å². The van der Waals surface area contributed by atoms with E-state index in [4.69, 9.17) is 28.4 Å². The average Bonchev–Trinajstić information content (AvgIpc) is 3.38. The minimum Gasteiger partial charge on any atom is -0.491 e. The predicted octanol–water partition coefficient (Wildman–Crippen LogP) is 10.1. The topological polar surface area (TPSA) is 243 Å². The molecule has 0 unspecified atom stereocenters. The van der Waals surface area contributed by atoms with E-state index in [0.29, 0.717) is 27.8 Å². The third-order valence-corrected chi connectivity index (χ3v) is 13.0. The molecular formula is C62H89N5O14. The van der Waals surface area contributed by atoms with Gasteiger partial charge in [0.05, 0.1) is 20.2 Å². The number of nitrogens with zero attached hydrogens (tertiary/aromatic N) is 1. The van der Waals surface area contributed by atoms with Crippen LogP contribution in [-0.2, 0) is 51.0 Å². The first kappa shape index (κ1) is 66.3. The Kier molecular flexibility index (Phi) is 25.0. The van der Waals surface area contributed by atoms with E-state index in [9.17, 15) is 28.8 Å². The third-order valence-electron chi connectivity index (χ3n) is 13.0. The number of aryl methyl sites for hydroxylation is 2. The minimum atomic E-state index is -1.38. The summed E-state index contributed by atoms with van der Waals surface area (Å²) in [6.45, 7) is 21.2. The standard InChI is InChI=1S/C62H89N5O14/c1-15-16-17-18-19-20-41-21-24-45(39(2)33-41)49(68)38-44(27-28-63-57(73)79-60(4,5)6)55(71)67(13)53-43-23-26-52(78-32-30-65-59(75)81-62(10,11)12)47(37-43)46-35-42(22-25-51(46)77-31-29-64-58(74)80-61(7,8)9)36-48(56(72)76-14)66-54(70)40(3)34-50(53)69/h21-26,33,35,37,40,44,48,53H,15-20,27-32,34,36,38H2,1-14H3,(H,63,73)(H,64,74)(H,65,75)(H,66,70)/t40-,44-,48+,53+/m1/s1. The third kappa shape index (κ3) is 22.4. The van der Waals surface area contributed by atoms with Crippen LogP contribution in [0.3, 0.4) is 0 Å². The predicted molar refractivity (Wildman–Crippen MR) is 308 cm³/mol. The van der Waals surface area contributed by atoms with Crippen molar-refractivity contribution >= 4 is 47.6 Å². The van der Waals surface area contributed by atoms with Crippen molar-refractivity contribution in [3.63, 3.8) is 0 Å². The Labute approximate surface area is 479 Å². The van der Waals surface area contributed by atoms with Crippen LogP contribution in [0.25, 0.3) is 11.1 Å². The van der Waals surface area contributed by atoms with Gasteiger partial charge in [0.1, 0.15) is 53.6 Å². The number of nitrogens with one attached hydrogen (secondary N) is 4. The summed E-state index contributed by atoms with van der Waals surface area (Å²) in [7, 11) is 2.66. The number of fused-ring (bicyclic) bond motifs is 5. The van der Waals surface area contributed by atoms with Crippen LogP contribution in [0, 0.1) is 18.8 Å². The summed E-state index contributed by atoms with van der Waals surface area (Å²) in [6.07, 6.45) is 3.80.